The number of hydrogen-bond donors (Lipinski definition) is 1. The SMILES string of the molecule is O=C(Cc1cccc(SC2CCCC2)c1C(F)(F)F)Nc1nccs1. The van der Waals surface area contributed by atoms with Crippen LogP contribution in [-0.2, 0) is 17.4 Å². The molecule has 1 aliphatic rings. The number of nitrogens with one attached hydrogen (secondary N) is 1. The number of carbonyl (C=O) groups is 1. The quantitative estimate of drug-likeness (QED) is 0.750. The van der Waals surface area contributed by atoms with Gasteiger partial charge in [0, 0.05) is 21.7 Å². The van der Waals surface area contributed by atoms with E-state index in [4.69, 9.17) is 0 Å². The minimum atomic E-state index is -4.49. The molecule has 1 aromatic carbocycles. The van der Waals surface area contributed by atoms with Crippen LogP contribution in [0, 0.1) is 0 Å². The van der Waals surface area contributed by atoms with Gasteiger partial charge in [-0.05, 0) is 24.5 Å². The average molecular weight is 386 g/mol. The summed E-state index contributed by atoms with van der Waals surface area (Å²) in [6.07, 6.45) is 0.726. The van der Waals surface area contributed by atoms with Crippen LogP contribution >= 0.6 is 23.1 Å². The first-order valence-electron chi connectivity index (χ1n) is 7.98. The van der Waals surface area contributed by atoms with Crippen LogP contribution in [0.3, 0.4) is 0 Å². The molecule has 0 aliphatic heterocycles. The monoisotopic (exact) mass is 386 g/mol. The van der Waals surface area contributed by atoms with E-state index >= 15 is 0 Å². The Hall–Kier alpha value is -1.54. The van der Waals surface area contributed by atoms with Crippen LogP contribution in [0.1, 0.15) is 36.8 Å². The number of anilines is 1. The van der Waals surface area contributed by atoms with Crippen LogP contribution < -0.4 is 5.32 Å². The smallest absolute Gasteiger partial charge is 0.302 e. The van der Waals surface area contributed by atoms with Crippen molar-refractivity contribution in [2.45, 2.75) is 48.4 Å². The van der Waals surface area contributed by atoms with Gasteiger partial charge in [-0.3, -0.25) is 4.79 Å². The second-order valence-electron chi connectivity index (χ2n) is 5.87. The van der Waals surface area contributed by atoms with Crippen LogP contribution in [0.15, 0.2) is 34.7 Å². The van der Waals surface area contributed by atoms with Crippen LogP contribution in [-0.4, -0.2) is 16.1 Å². The fourth-order valence-corrected chi connectivity index (χ4v) is 4.95. The molecule has 1 amide bonds. The second-order valence-corrected chi connectivity index (χ2v) is 8.11. The number of halogens is 3. The van der Waals surface area contributed by atoms with Crippen molar-refractivity contribution in [3.63, 3.8) is 0 Å². The van der Waals surface area contributed by atoms with Gasteiger partial charge < -0.3 is 5.32 Å². The van der Waals surface area contributed by atoms with E-state index in [1.54, 1.807) is 11.4 Å². The molecule has 0 bridgehead atoms. The van der Waals surface area contributed by atoms with E-state index in [2.05, 4.69) is 10.3 Å². The van der Waals surface area contributed by atoms with Crippen LogP contribution in [0.5, 0.6) is 0 Å². The number of alkyl halides is 3. The summed E-state index contributed by atoms with van der Waals surface area (Å²) in [5.74, 6) is -0.497. The number of aromatic nitrogens is 1. The molecule has 2 aromatic rings. The average Bonchev–Trinajstić information content (AvgIpc) is 3.20. The molecule has 1 heterocycles. The van der Waals surface area contributed by atoms with Crippen molar-refractivity contribution in [3.8, 4) is 0 Å². The normalized spacial score (nSPS) is 15.5. The van der Waals surface area contributed by atoms with Crippen LogP contribution in [0.4, 0.5) is 18.3 Å². The van der Waals surface area contributed by atoms with E-state index in [-0.39, 0.29) is 22.1 Å². The summed E-state index contributed by atoms with van der Waals surface area (Å²) < 4.78 is 41.0. The molecule has 25 heavy (non-hydrogen) atoms. The molecular weight excluding hydrogens is 369 g/mol. The summed E-state index contributed by atoms with van der Waals surface area (Å²) >= 11 is 2.52. The van der Waals surface area contributed by atoms with Gasteiger partial charge in [-0.2, -0.15) is 13.2 Å². The molecule has 3 rings (SSSR count). The highest BCUT2D eigenvalue weighted by atomic mass is 32.2. The lowest BCUT2D eigenvalue weighted by Gasteiger charge is -2.19. The van der Waals surface area contributed by atoms with Gasteiger partial charge in [-0.25, -0.2) is 4.98 Å². The molecule has 0 unspecified atom stereocenters. The lowest BCUT2D eigenvalue weighted by atomic mass is 10.0. The first-order valence-corrected chi connectivity index (χ1v) is 9.74. The molecule has 1 saturated carbocycles. The van der Waals surface area contributed by atoms with Crippen molar-refractivity contribution < 1.29 is 18.0 Å². The Morgan fingerprint density at radius 3 is 2.72 bits per heavy atom. The Kier molecular flexibility index (Phi) is 5.68. The second kappa shape index (κ2) is 7.78. The van der Waals surface area contributed by atoms with Crippen molar-refractivity contribution in [2.24, 2.45) is 0 Å². The zero-order valence-corrected chi connectivity index (χ0v) is 14.9. The molecule has 1 aliphatic carbocycles. The van der Waals surface area contributed by atoms with Gasteiger partial charge in [0.15, 0.2) is 5.13 Å². The molecule has 134 valence electrons. The maximum Gasteiger partial charge on any atom is 0.417 e. The molecule has 0 radical (unpaired) electrons. The van der Waals surface area contributed by atoms with Gasteiger partial charge in [0.05, 0.1) is 12.0 Å². The van der Waals surface area contributed by atoms with Gasteiger partial charge >= 0.3 is 6.18 Å². The molecule has 0 saturated heterocycles. The minimum absolute atomic E-state index is 0.00422. The number of hydrogen-bond acceptors (Lipinski definition) is 4. The Morgan fingerprint density at radius 1 is 1.32 bits per heavy atom. The molecule has 0 spiro atoms. The lowest BCUT2D eigenvalue weighted by molar-refractivity contribution is -0.140. The van der Waals surface area contributed by atoms with Gasteiger partial charge in [0.1, 0.15) is 0 Å². The first kappa shape index (κ1) is 18.3. The molecule has 1 aromatic heterocycles. The third-order valence-corrected chi connectivity index (χ3v) is 6.11. The Balaban J connectivity index is 1.83. The highest BCUT2D eigenvalue weighted by Crippen LogP contribution is 2.43. The summed E-state index contributed by atoms with van der Waals surface area (Å²) in [6.45, 7) is 0. The van der Waals surface area contributed by atoms with E-state index in [0.29, 0.717) is 5.13 Å². The van der Waals surface area contributed by atoms with Crippen molar-refractivity contribution in [1.29, 1.82) is 0 Å². The van der Waals surface area contributed by atoms with Crippen molar-refractivity contribution in [2.75, 3.05) is 5.32 Å². The summed E-state index contributed by atoms with van der Waals surface area (Å²) in [6, 6.07) is 4.48. The molecular formula is C17H17F3N2OS2. The van der Waals surface area contributed by atoms with Crippen LogP contribution in [0.25, 0.3) is 0 Å². The first-order chi connectivity index (χ1) is 11.9. The van der Waals surface area contributed by atoms with E-state index in [1.807, 2.05) is 0 Å². The van der Waals surface area contributed by atoms with E-state index in [1.165, 1.54) is 41.4 Å². The third kappa shape index (κ3) is 4.76. The Morgan fingerprint density at radius 2 is 2.08 bits per heavy atom. The maximum atomic E-state index is 13.7. The Bertz CT molecular complexity index is 726. The summed E-state index contributed by atoms with van der Waals surface area (Å²) in [7, 11) is 0. The molecule has 0 atom stereocenters. The summed E-state index contributed by atoms with van der Waals surface area (Å²) in [4.78, 5) is 16.2. The molecule has 3 nitrogen and oxygen atoms in total. The van der Waals surface area contributed by atoms with E-state index in [0.717, 1.165) is 25.7 Å². The zero-order valence-electron chi connectivity index (χ0n) is 13.3. The van der Waals surface area contributed by atoms with E-state index in [9.17, 15) is 18.0 Å². The molecule has 8 heteroatoms. The number of amides is 1. The predicted octanol–water partition coefficient (Wildman–Crippen LogP) is 5.38. The lowest BCUT2D eigenvalue weighted by Crippen LogP contribution is -2.19. The number of rotatable bonds is 5. The zero-order chi connectivity index (χ0) is 17.9. The van der Waals surface area contributed by atoms with Crippen molar-refractivity contribution in [1.82, 2.24) is 4.98 Å². The van der Waals surface area contributed by atoms with Crippen molar-refractivity contribution >= 4 is 34.1 Å². The fourth-order valence-electron chi connectivity index (χ4n) is 2.95. The minimum Gasteiger partial charge on any atom is -0.302 e. The predicted molar refractivity (Wildman–Crippen MR) is 94.0 cm³/mol. The largest absolute Gasteiger partial charge is 0.417 e. The molecule has 1 N–H and O–H groups in total. The van der Waals surface area contributed by atoms with Gasteiger partial charge in [0.25, 0.3) is 0 Å². The van der Waals surface area contributed by atoms with Crippen molar-refractivity contribution in [3.05, 3.63) is 40.9 Å². The maximum absolute atomic E-state index is 13.7. The topological polar surface area (TPSA) is 42.0 Å². The van der Waals surface area contributed by atoms with Gasteiger partial charge in [-0.15, -0.1) is 23.1 Å². The van der Waals surface area contributed by atoms with Gasteiger partial charge in [0.2, 0.25) is 5.91 Å². The number of thioether (sulfide) groups is 1. The standard InChI is InChI=1S/C17H17F3N2OS2/c18-17(19,20)15-11(10-14(23)22-16-21-8-9-24-16)4-3-7-13(15)25-12-5-1-2-6-12/h3-4,7-9,12H,1-2,5-6,10H2,(H,21,22,23). The number of nitrogens with zero attached hydrogens (tertiary/aromatic N) is 1. The highest BCUT2D eigenvalue weighted by Gasteiger charge is 2.37. The Labute approximate surface area is 152 Å². The number of thiazole rings is 1. The number of carbonyl (C=O) groups excluding carboxylic acids is 1. The third-order valence-electron chi connectivity index (χ3n) is 4.02. The fraction of sp³-hybridized carbons (Fsp3) is 0.412. The van der Waals surface area contributed by atoms with E-state index < -0.39 is 17.6 Å². The van der Waals surface area contributed by atoms with Crippen LogP contribution in [0.2, 0.25) is 0 Å². The molecule has 1 fully saturated rings. The highest BCUT2D eigenvalue weighted by molar-refractivity contribution is 8.00. The summed E-state index contributed by atoms with van der Waals surface area (Å²) in [5.41, 5.74) is -0.675. The number of benzene rings is 1. The van der Waals surface area contributed by atoms with Gasteiger partial charge in [-0.1, -0.05) is 25.0 Å². The summed E-state index contributed by atoms with van der Waals surface area (Å²) in [5, 5.41) is 4.83.